The Bertz CT molecular complexity index is 809. The summed E-state index contributed by atoms with van der Waals surface area (Å²) in [6, 6.07) is 16.4. The maximum atomic E-state index is 12.7. The second-order valence-electron chi connectivity index (χ2n) is 9.58. The summed E-state index contributed by atoms with van der Waals surface area (Å²) >= 11 is 2.27. The van der Waals surface area contributed by atoms with E-state index in [1.54, 1.807) is 0 Å². The number of amides is 1. The van der Waals surface area contributed by atoms with Crippen LogP contribution >= 0.6 is 22.6 Å². The van der Waals surface area contributed by atoms with Crippen LogP contribution in [0.2, 0.25) is 0 Å². The van der Waals surface area contributed by atoms with Crippen LogP contribution in [-0.4, -0.2) is 5.91 Å². The summed E-state index contributed by atoms with van der Waals surface area (Å²) in [5.41, 5.74) is 9.11. The Balaban J connectivity index is 1.63. The Morgan fingerprint density at radius 3 is 1.94 bits per heavy atom. The van der Waals surface area contributed by atoms with Gasteiger partial charge in [0.15, 0.2) is 0 Å². The summed E-state index contributed by atoms with van der Waals surface area (Å²) < 4.78 is 1.06. The minimum absolute atomic E-state index is 0.0184. The molecular formula is C30H45IN2O. The van der Waals surface area contributed by atoms with Crippen LogP contribution in [0.1, 0.15) is 114 Å². The van der Waals surface area contributed by atoms with Crippen LogP contribution in [0.4, 0.5) is 5.69 Å². The highest BCUT2D eigenvalue weighted by molar-refractivity contribution is 14.1. The molecule has 1 unspecified atom stereocenters. The Morgan fingerprint density at radius 1 is 0.824 bits per heavy atom. The van der Waals surface area contributed by atoms with Crippen LogP contribution in [0.5, 0.6) is 0 Å². The van der Waals surface area contributed by atoms with E-state index in [4.69, 9.17) is 5.73 Å². The van der Waals surface area contributed by atoms with E-state index in [9.17, 15) is 4.79 Å². The number of anilines is 1. The van der Waals surface area contributed by atoms with Gasteiger partial charge in [-0.3, -0.25) is 4.79 Å². The van der Waals surface area contributed by atoms with Crippen molar-refractivity contribution in [2.75, 3.05) is 5.73 Å². The van der Waals surface area contributed by atoms with Gasteiger partial charge < -0.3 is 11.1 Å². The van der Waals surface area contributed by atoms with E-state index in [1.165, 1.54) is 76.2 Å². The highest BCUT2D eigenvalue weighted by Crippen LogP contribution is 2.23. The third kappa shape index (κ3) is 12.2. The van der Waals surface area contributed by atoms with Crippen molar-refractivity contribution in [1.29, 1.82) is 0 Å². The SMILES string of the molecule is CCCCCCCCCCCCCCCC(=O)NC(Cc1ccc(N)c(I)c1)c1ccccc1. The van der Waals surface area contributed by atoms with Crippen LogP contribution in [0.15, 0.2) is 48.5 Å². The molecule has 1 atom stereocenters. The van der Waals surface area contributed by atoms with Crippen molar-refractivity contribution in [1.82, 2.24) is 5.32 Å². The zero-order valence-corrected chi connectivity index (χ0v) is 23.3. The fraction of sp³-hybridized carbons (Fsp3) is 0.567. The first-order chi connectivity index (χ1) is 16.6. The number of unbranched alkanes of at least 4 members (excludes halogenated alkanes) is 12. The van der Waals surface area contributed by atoms with Gasteiger partial charge in [-0.05, 0) is 58.7 Å². The lowest BCUT2D eigenvalue weighted by Gasteiger charge is -2.20. The molecule has 2 rings (SSSR count). The molecular weight excluding hydrogens is 531 g/mol. The molecule has 2 aromatic rings. The van der Waals surface area contributed by atoms with E-state index in [-0.39, 0.29) is 11.9 Å². The Kier molecular flexibility index (Phi) is 15.0. The van der Waals surface area contributed by atoms with Gasteiger partial charge in [-0.25, -0.2) is 0 Å². The van der Waals surface area contributed by atoms with Crippen LogP contribution in [0.25, 0.3) is 0 Å². The summed E-state index contributed by atoms with van der Waals surface area (Å²) in [6.07, 6.45) is 18.5. The average Bonchev–Trinajstić information content (AvgIpc) is 2.84. The molecule has 0 saturated carbocycles. The smallest absolute Gasteiger partial charge is 0.220 e. The highest BCUT2D eigenvalue weighted by Gasteiger charge is 2.15. The van der Waals surface area contributed by atoms with E-state index in [2.05, 4.69) is 59.1 Å². The van der Waals surface area contributed by atoms with Crippen molar-refractivity contribution in [2.45, 2.75) is 109 Å². The van der Waals surface area contributed by atoms with Crippen molar-refractivity contribution >= 4 is 34.2 Å². The summed E-state index contributed by atoms with van der Waals surface area (Å²) in [5.74, 6) is 0.155. The van der Waals surface area contributed by atoms with Crippen LogP contribution in [0.3, 0.4) is 0 Å². The molecule has 0 aliphatic heterocycles. The molecule has 1 amide bonds. The number of halogens is 1. The molecule has 2 aromatic carbocycles. The average molecular weight is 577 g/mol. The van der Waals surface area contributed by atoms with Crippen molar-refractivity contribution in [3.8, 4) is 0 Å². The predicted molar refractivity (Wildman–Crippen MR) is 155 cm³/mol. The maximum Gasteiger partial charge on any atom is 0.220 e. The largest absolute Gasteiger partial charge is 0.398 e. The van der Waals surface area contributed by atoms with Crippen molar-refractivity contribution in [3.05, 3.63) is 63.2 Å². The van der Waals surface area contributed by atoms with Gasteiger partial charge in [-0.1, -0.05) is 120 Å². The molecule has 0 bridgehead atoms. The molecule has 0 aromatic heterocycles. The molecule has 0 saturated heterocycles. The number of nitrogens with one attached hydrogen (secondary N) is 1. The topological polar surface area (TPSA) is 55.1 Å². The Hall–Kier alpha value is -1.56. The van der Waals surface area contributed by atoms with E-state index in [1.807, 2.05) is 24.3 Å². The quantitative estimate of drug-likeness (QED) is 0.106. The lowest BCUT2D eigenvalue weighted by atomic mass is 9.98. The van der Waals surface area contributed by atoms with Gasteiger partial charge in [0.2, 0.25) is 5.91 Å². The monoisotopic (exact) mass is 576 g/mol. The van der Waals surface area contributed by atoms with Crippen molar-refractivity contribution < 1.29 is 4.79 Å². The minimum atomic E-state index is -0.0184. The highest BCUT2D eigenvalue weighted by atomic mass is 127. The Labute approximate surface area is 221 Å². The summed E-state index contributed by atoms with van der Waals surface area (Å²) in [5, 5.41) is 3.29. The number of nitrogen functional groups attached to an aromatic ring is 1. The third-order valence-corrected chi connectivity index (χ3v) is 7.48. The first kappa shape index (κ1) is 28.7. The standard InChI is InChI=1S/C30H45IN2O/c1-2-3-4-5-6-7-8-9-10-11-12-13-17-20-30(34)33-29(26-18-15-14-16-19-26)24-25-21-22-28(32)27(31)23-25/h14-16,18-19,21-23,29H,2-13,17,20,24,32H2,1H3,(H,33,34). The lowest BCUT2D eigenvalue weighted by molar-refractivity contribution is -0.122. The number of nitrogens with two attached hydrogens (primary N) is 1. The van der Waals surface area contributed by atoms with Gasteiger partial charge >= 0.3 is 0 Å². The first-order valence-corrected chi connectivity index (χ1v) is 14.6. The number of hydrogen-bond acceptors (Lipinski definition) is 2. The number of carbonyl (C=O) groups is 1. The molecule has 0 radical (unpaired) electrons. The van der Waals surface area contributed by atoms with Gasteiger partial charge in [0, 0.05) is 15.7 Å². The van der Waals surface area contributed by atoms with Crippen LogP contribution < -0.4 is 11.1 Å². The number of benzene rings is 2. The number of rotatable bonds is 18. The van der Waals surface area contributed by atoms with E-state index < -0.39 is 0 Å². The molecule has 3 nitrogen and oxygen atoms in total. The molecule has 0 aliphatic carbocycles. The molecule has 0 fully saturated rings. The molecule has 3 N–H and O–H groups in total. The normalized spacial score (nSPS) is 11.9. The van der Waals surface area contributed by atoms with Crippen LogP contribution in [0, 0.1) is 3.57 Å². The summed E-state index contributed by atoms with van der Waals surface area (Å²) in [6.45, 7) is 2.28. The number of carbonyl (C=O) groups excluding carboxylic acids is 1. The molecule has 4 heteroatoms. The zero-order chi connectivity index (χ0) is 24.4. The van der Waals surface area contributed by atoms with E-state index in [0.717, 1.165) is 34.1 Å². The zero-order valence-electron chi connectivity index (χ0n) is 21.2. The summed E-state index contributed by atoms with van der Waals surface area (Å²) in [4.78, 5) is 12.7. The number of hydrogen-bond donors (Lipinski definition) is 2. The van der Waals surface area contributed by atoms with E-state index >= 15 is 0 Å². The fourth-order valence-electron chi connectivity index (χ4n) is 4.44. The second kappa shape index (κ2) is 17.8. The third-order valence-electron chi connectivity index (χ3n) is 6.55. The van der Waals surface area contributed by atoms with Gasteiger partial charge in [0.05, 0.1) is 6.04 Å². The molecule has 34 heavy (non-hydrogen) atoms. The van der Waals surface area contributed by atoms with Crippen molar-refractivity contribution in [2.24, 2.45) is 0 Å². The maximum absolute atomic E-state index is 12.7. The van der Waals surface area contributed by atoms with Gasteiger partial charge in [0.25, 0.3) is 0 Å². The van der Waals surface area contributed by atoms with E-state index in [0.29, 0.717) is 6.42 Å². The molecule has 0 heterocycles. The van der Waals surface area contributed by atoms with Crippen molar-refractivity contribution in [3.63, 3.8) is 0 Å². The predicted octanol–water partition coefficient (Wildman–Crippen LogP) is 8.75. The Morgan fingerprint density at radius 2 is 1.38 bits per heavy atom. The lowest BCUT2D eigenvalue weighted by Crippen LogP contribution is -2.29. The minimum Gasteiger partial charge on any atom is -0.398 e. The van der Waals surface area contributed by atoms with Crippen LogP contribution in [-0.2, 0) is 11.2 Å². The molecule has 188 valence electrons. The summed E-state index contributed by atoms with van der Waals surface area (Å²) in [7, 11) is 0. The molecule has 0 spiro atoms. The molecule has 0 aliphatic rings. The fourth-order valence-corrected chi connectivity index (χ4v) is 5.02. The van der Waals surface area contributed by atoms with Gasteiger partial charge in [-0.15, -0.1) is 0 Å². The second-order valence-corrected chi connectivity index (χ2v) is 10.7. The van der Waals surface area contributed by atoms with Gasteiger partial charge in [-0.2, -0.15) is 0 Å². The van der Waals surface area contributed by atoms with Gasteiger partial charge in [0.1, 0.15) is 0 Å². The first-order valence-electron chi connectivity index (χ1n) is 13.5.